The molecule has 0 aliphatic carbocycles. The molecule has 5 rings (SSSR count). The summed E-state index contributed by atoms with van der Waals surface area (Å²) >= 11 is -0.578. The monoisotopic (exact) mass is 656 g/mol. The molecule has 4 aromatic carbocycles. The molecule has 0 fully saturated rings. The Morgan fingerprint density at radius 3 is 1.33 bits per heavy atom. The Balaban J connectivity index is 1.89. The number of benzene rings is 4. The van der Waals surface area contributed by atoms with Crippen molar-refractivity contribution in [2.45, 2.75) is 21.7 Å². The third-order valence-electron chi connectivity index (χ3n) is 5.94. The fourth-order valence-electron chi connectivity index (χ4n) is 4.32. The summed E-state index contributed by atoms with van der Waals surface area (Å²) in [5.41, 5.74) is -10.8. The van der Waals surface area contributed by atoms with Crippen LogP contribution in [0.15, 0.2) is 60.7 Å². The van der Waals surface area contributed by atoms with Gasteiger partial charge < -0.3 is 0 Å². The molecule has 0 atom stereocenters. The van der Waals surface area contributed by atoms with Crippen molar-refractivity contribution in [1.82, 2.24) is 0 Å². The molecule has 6 nitrogen and oxygen atoms in total. The Kier molecular flexibility index (Phi) is 6.56. The first-order valence-electron chi connectivity index (χ1n) is 10.8. The van der Waals surface area contributed by atoms with E-state index in [9.17, 15) is 43.2 Å². The summed E-state index contributed by atoms with van der Waals surface area (Å²) in [5, 5.41) is 1.55. The van der Waals surface area contributed by atoms with Crippen LogP contribution in [0, 0.1) is 0 Å². The second-order valence-electron chi connectivity index (χ2n) is 8.36. The van der Waals surface area contributed by atoms with Crippen LogP contribution in [0.5, 0.6) is 11.5 Å². The Morgan fingerprint density at radius 2 is 0.974 bits per heavy atom. The van der Waals surface area contributed by atoms with E-state index in [1.54, 1.807) is 36.4 Å². The van der Waals surface area contributed by atoms with Crippen molar-refractivity contribution in [1.29, 1.82) is 0 Å². The van der Waals surface area contributed by atoms with Gasteiger partial charge in [0.2, 0.25) is 0 Å². The quantitative estimate of drug-likeness (QED) is 0.119. The van der Waals surface area contributed by atoms with Gasteiger partial charge in [0.15, 0.2) is 0 Å². The van der Waals surface area contributed by atoms with Crippen LogP contribution in [-0.4, -0.2) is 42.8 Å². The maximum absolute atomic E-state index is 13.2. The third kappa shape index (κ3) is 4.81. The van der Waals surface area contributed by atoms with Crippen LogP contribution in [0.3, 0.4) is 0 Å². The summed E-state index contributed by atoms with van der Waals surface area (Å²) in [5.74, 6) is -1.15. The summed E-state index contributed by atoms with van der Waals surface area (Å²) in [6, 6.07) is 15.0. The minimum absolute atomic E-state index is 0.0321. The molecule has 1 heterocycles. The Labute approximate surface area is 223 Å². The van der Waals surface area contributed by atoms with Gasteiger partial charge in [0, 0.05) is 0 Å². The number of hydrogen-bond acceptors (Lipinski definition) is 6. The molecule has 0 bridgehead atoms. The topological polar surface area (TPSA) is 86.7 Å². The first-order valence-corrected chi connectivity index (χ1v) is 16.0. The number of alkyl halides is 6. The Morgan fingerprint density at radius 1 is 0.615 bits per heavy atom. The second-order valence-corrected chi connectivity index (χ2v) is 13.5. The Bertz CT molecular complexity index is 1720. The van der Waals surface area contributed by atoms with E-state index in [2.05, 4.69) is 8.37 Å². The van der Waals surface area contributed by atoms with Crippen molar-refractivity contribution < 1.29 is 51.5 Å². The maximum atomic E-state index is 13.2. The van der Waals surface area contributed by atoms with Gasteiger partial charge in [-0.2, -0.15) is 0 Å². The van der Waals surface area contributed by atoms with Gasteiger partial charge in [-0.05, 0) is 0 Å². The van der Waals surface area contributed by atoms with E-state index in [0.717, 1.165) is 12.1 Å². The summed E-state index contributed by atoms with van der Waals surface area (Å²) < 4.78 is 136. The van der Waals surface area contributed by atoms with E-state index in [4.69, 9.17) is 0 Å². The van der Waals surface area contributed by atoms with Crippen LogP contribution in [-0.2, 0) is 30.9 Å². The van der Waals surface area contributed by atoms with E-state index >= 15 is 0 Å². The molecule has 15 heteroatoms. The first-order chi connectivity index (χ1) is 18.1. The molecule has 0 unspecified atom stereocenters. The molecule has 39 heavy (non-hydrogen) atoms. The van der Waals surface area contributed by atoms with Crippen LogP contribution >= 0.6 is 0 Å². The van der Waals surface area contributed by atoms with Gasteiger partial charge in [-0.25, -0.2) is 0 Å². The van der Waals surface area contributed by atoms with Crippen LogP contribution in [0.4, 0.5) is 26.3 Å². The Hall–Kier alpha value is -3.00. The van der Waals surface area contributed by atoms with Gasteiger partial charge in [0.05, 0.1) is 0 Å². The molecular weight excluding hydrogens is 641 g/mol. The molecule has 1 aliphatic rings. The van der Waals surface area contributed by atoms with Crippen molar-refractivity contribution in [3.8, 4) is 22.6 Å². The molecule has 206 valence electrons. The molecule has 0 spiro atoms. The summed E-state index contributed by atoms with van der Waals surface area (Å²) in [7, 11) is -12.1. The summed E-state index contributed by atoms with van der Waals surface area (Å²) in [6.07, 6.45) is 0. The van der Waals surface area contributed by atoms with Crippen LogP contribution in [0.1, 0.15) is 11.1 Å². The van der Waals surface area contributed by atoms with Crippen molar-refractivity contribution in [3.63, 3.8) is 0 Å². The fourth-order valence-corrected chi connectivity index (χ4v) is 7.55. The van der Waals surface area contributed by atoms with E-state index in [-0.39, 0.29) is 32.9 Å². The molecule has 0 amide bonds. The fraction of sp³-hybridized carbons (Fsp3) is 0.167. The molecule has 0 aromatic heterocycles. The van der Waals surface area contributed by atoms with E-state index in [0.29, 0.717) is 21.5 Å². The third-order valence-corrected chi connectivity index (χ3v) is 9.94. The molecule has 4 aromatic rings. The van der Waals surface area contributed by atoms with E-state index in [1.807, 2.05) is 0 Å². The van der Waals surface area contributed by atoms with Gasteiger partial charge in [0.1, 0.15) is 0 Å². The van der Waals surface area contributed by atoms with Gasteiger partial charge in [0.25, 0.3) is 0 Å². The van der Waals surface area contributed by atoms with Gasteiger partial charge >= 0.3 is 224 Å². The van der Waals surface area contributed by atoms with Crippen LogP contribution in [0.25, 0.3) is 32.7 Å². The van der Waals surface area contributed by atoms with Crippen molar-refractivity contribution in [2.24, 2.45) is 0 Å². The molecule has 0 saturated heterocycles. The summed E-state index contributed by atoms with van der Waals surface area (Å²) in [4.78, 5) is 0. The van der Waals surface area contributed by atoms with Crippen LogP contribution < -0.4 is 8.37 Å². The standard InChI is InChI=1S/C24H14F6O6S2Se/c25-23(26,27)37(31,32)35-19-9-13-5-1-3-7-15(13)21-17(19)11-39-12-18-20(36-38(33,34)24(28,29)30)10-14-6-2-4-8-16(14)22(18)21/h1-10H,11-12H2. The molecule has 1 aliphatic heterocycles. The zero-order chi connectivity index (χ0) is 28.4. The number of fused-ring (bicyclic) bond motifs is 7. The van der Waals surface area contributed by atoms with Crippen LogP contribution in [0.2, 0.25) is 0 Å². The molecular formula is C24H14F6O6S2Se. The minimum atomic E-state index is -6.06. The van der Waals surface area contributed by atoms with Gasteiger partial charge in [-0.15, -0.1) is 0 Å². The number of hydrogen-bond donors (Lipinski definition) is 0. The van der Waals surface area contributed by atoms with Crippen molar-refractivity contribution >= 4 is 56.7 Å². The SMILES string of the molecule is O=S(=O)(Oc1cc2ccccc2c2c1C[Se]Cc1c(OS(=O)(=O)C(F)(F)F)cc3ccccc3c1-2)C(F)(F)F. The molecule has 0 saturated carbocycles. The van der Waals surface area contributed by atoms with Crippen molar-refractivity contribution in [2.75, 3.05) is 0 Å². The van der Waals surface area contributed by atoms with E-state index < -0.39 is 57.7 Å². The first kappa shape index (κ1) is 27.6. The average Bonchev–Trinajstić information content (AvgIpc) is 3.03. The van der Waals surface area contributed by atoms with Crippen molar-refractivity contribution in [3.05, 3.63) is 71.8 Å². The predicted molar refractivity (Wildman–Crippen MR) is 131 cm³/mol. The normalized spacial score (nSPS) is 14.5. The zero-order valence-electron chi connectivity index (χ0n) is 19.1. The summed E-state index contributed by atoms with van der Waals surface area (Å²) in [6.45, 7) is 0. The molecule has 0 radical (unpaired) electrons. The van der Waals surface area contributed by atoms with Gasteiger partial charge in [-0.1, -0.05) is 0 Å². The predicted octanol–water partition coefficient (Wildman–Crippen LogP) is 5.83. The zero-order valence-corrected chi connectivity index (χ0v) is 22.5. The second kappa shape index (κ2) is 9.29. The van der Waals surface area contributed by atoms with E-state index in [1.165, 1.54) is 12.1 Å². The molecule has 0 N–H and O–H groups in total. The van der Waals surface area contributed by atoms with Gasteiger partial charge in [-0.3, -0.25) is 0 Å². The number of rotatable bonds is 4. The number of halogens is 6. The average molecular weight is 655 g/mol.